The number of aromatic nitrogens is 1. The van der Waals surface area contributed by atoms with Gasteiger partial charge in [0.25, 0.3) is 0 Å². The van der Waals surface area contributed by atoms with Crippen LogP contribution in [-0.4, -0.2) is 35.2 Å². The average Bonchev–Trinajstić information content (AvgIpc) is 3.49. The van der Waals surface area contributed by atoms with Crippen molar-refractivity contribution >= 4 is 17.6 Å². The zero-order valence-electron chi connectivity index (χ0n) is 27.8. The highest BCUT2D eigenvalue weighted by Crippen LogP contribution is 2.74. The third-order valence-electron chi connectivity index (χ3n) is 14.5. The van der Waals surface area contributed by atoms with Crippen LogP contribution in [0, 0.1) is 51.2 Å². The summed E-state index contributed by atoms with van der Waals surface area (Å²) in [7, 11) is 1.63. The first-order chi connectivity index (χ1) is 21.3. The minimum absolute atomic E-state index is 0.0243. The van der Waals surface area contributed by atoms with Crippen LogP contribution in [0.15, 0.2) is 46.5 Å². The molecule has 4 saturated carbocycles. The Labute approximate surface area is 267 Å². The highest BCUT2D eigenvalue weighted by atomic mass is 16.5. The zero-order valence-corrected chi connectivity index (χ0v) is 27.8. The Kier molecular flexibility index (Phi) is 7.20. The van der Waals surface area contributed by atoms with E-state index in [1.165, 1.54) is 12.0 Å². The molecule has 5 aliphatic rings. The standard InChI is InChI=1S/C38H50N2O5/c1-35(2)31(42)15-16-37(4)33-30(41)20-27-26-19-24(8-7-22(26)11-14-28(27)36(33,3)17-18-38(35,37)5)34(43)39-32-21-29(40-45-32)23-9-12-25(44-6)13-10-23/h9-10,12-13,20-22,24,26,28,31,33,42H,7-8,11,14-19H2,1-6H3,(H,39,43)/t22?,24?,26?,28?,31?,33?,36-,37+,38?/m0/s1. The van der Waals surface area contributed by atoms with Crippen LogP contribution < -0.4 is 10.1 Å². The molecule has 4 fully saturated rings. The van der Waals surface area contributed by atoms with Crippen LogP contribution in [0.25, 0.3) is 11.3 Å². The minimum atomic E-state index is -0.337. The quantitative estimate of drug-likeness (QED) is 0.364. The van der Waals surface area contributed by atoms with Crippen molar-refractivity contribution in [3.8, 4) is 17.0 Å². The van der Waals surface area contributed by atoms with E-state index in [0.29, 0.717) is 29.2 Å². The Hall–Kier alpha value is -2.93. The van der Waals surface area contributed by atoms with Crippen molar-refractivity contribution in [2.45, 2.75) is 98.5 Å². The summed E-state index contributed by atoms with van der Waals surface area (Å²) in [5.41, 5.74) is 2.28. The van der Waals surface area contributed by atoms with E-state index in [9.17, 15) is 14.7 Å². The van der Waals surface area contributed by atoms with Crippen molar-refractivity contribution in [3.63, 3.8) is 0 Å². The van der Waals surface area contributed by atoms with E-state index in [0.717, 1.165) is 62.7 Å². The van der Waals surface area contributed by atoms with E-state index in [1.807, 2.05) is 24.3 Å². The first-order valence-corrected chi connectivity index (χ1v) is 17.2. The Morgan fingerprint density at radius 1 is 1.00 bits per heavy atom. The number of fused-ring (bicyclic) bond motifs is 7. The van der Waals surface area contributed by atoms with Gasteiger partial charge in [0.2, 0.25) is 11.8 Å². The van der Waals surface area contributed by atoms with Gasteiger partial charge in [0, 0.05) is 23.5 Å². The van der Waals surface area contributed by atoms with Gasteiger partial charge in [-0.15, -0.1) is 0 Å². The molecule has 1 heterocycles. The number of hydrogen-bond acceptors (Lipinski definition) is 6. The number of methoxy groups -OCH3 is 1. The maximum Gasteiger partial charge on any atom is 0.231 e. The maximum atomic E-state index is 14.4. The van der Waals surface area contributed by atoms with Gasteiger partial charge in [0.15, 0.2) is 5.78 Å². The van der Waals surface area contributed by atoms with Gasteiger partial charge < -0.3 is 14.4 Å². The fraction of sp³-hybridized carbons (Fsp3) is 0.658. The van der Waals surface area contributed by atoms with Gasteiger partial charge in [-0.3, -0.25) is 14.9 Å². The molecule has 7 heteroatoms. The number of hydrogen-bond donors (Lipinski definition) is 2. The van der Waals surface area contributed by atoms with Gasteiger partial charge in [-0.05, 0) is 128 Å². The summed E-state index contributed by atoms with van der Waals surface area (Å²) >= 11 is 0. The van der Waals surface area contributed by atoms with Crippen LogP contribution in [-0.2, 0) is 9.59 Å². The summed E-state index contributed by atoms with van der Waals surface area (Å²) in [4.78, 5) is 28.0. The second-order valence-corrected chi connectivity index (χ2v) is 16.3. The number of allylic oxidation sites excluding steroid dienone is 2. The van der Waals surface area contributed by atoms with Crippen LogP contribution in [0.5, 0.6) is 5.75 Å². The van der Waals surface area contributed by atoms with Crippen LogP contribution in [0.3, 0.4) is 0 Å². The molecule has 5 aliphatic carbocycles. The van der Waals surface area contributed by atoms with Crippen LogP contribution in [0.4, 0.5) is 5.88 Å². The summed E-state index contributed by atoms with van der Waals surface area (Å²) in [6.07, 6.45) is 10.4. The fourth-order valence-corrected chi connectivity index (χ4v) is 11.3. The molecule has 45 heavy (non-hydrogen) atoms. The number of aliphatic hydroxyl groups is 1. The number of aliphatic hydroxyl groups excluding tert-OH is 1. The molecule has 1 aromatic carbocycles. The van der Waals surface area contributed by atoms with E-state index in [4.69, 9.17) is 9.26 Å². The fourth-order valence-electron chi connectivity index (χ4n) is 11.3. The molecule has 7 rings (SSSR count). The van der Waals surface area contributed by atoms with Gasteiger partial charge >= 0.3 is 0 Å². The molecule has 242 valence electrons. The third kappa shape index (κ3) is 4.42. The molecule has 9 atom stereocenters. The Morgan fingerprint density at radius 3 is 2.47 bits per heavy atom. The number of amides is 1. The number of rotatable bonds is 4. The molecule has 1 amide bonds. The molecule has 2 aromatic rings. The number of carbonyl (C=O) groups excluding carboxylic acids is 2. The molecule has 0 radical (unpaired) electrons. The molecule has 0 bridgehead atoms. The molecule has 0 spiro atoms. The SMILES string of the molecule is COc1ccc(-c2cc(NC(=O)C3CCC4CCC5C(=CC(=O)C6[C@@]5(C)CCC5(C)C(C)(C)C(O)CC[C@]65C)C4C3)on2)cc1. The first-order valence-electron chi connectivity index (χ1n) is 17.2. The predicted octanol–water partition coefficient (Wildman–Crippen LogP) is 7.85. The van der Waals surface area contributed by atoms with E-state index >= 15 is 0 Å². The van der Waals surface area contributed by atoms with Crippen molar-refractivity contribution in [1.82, 2.24) is 5.16 Å². The Bertz CT molecular complexity index is 1520. The lowest BCUT2D eigenvalue weighted by Crippen LogP contribution is -2.68. The number of anilines is 1. The number of ether oxygens (including phenoxy) is 1. The number of nitrogens with one attached hydrogen (secondary N) is 1. The molecular formula is C38H50N2O5. The van der Waals surface area contributed by atoms with Gasteiger partial charge in [0.1, 0.15) is 11.4 Å². The number of carbonyl (C=O) groups is 2. The third-order valence-corrected chi connectivity index (χ3v) is 14.5. The van der Waals surface area contributed by atoms with Crippen molar-refractivity contribution in [2.75, 3.05) is 12.4 Å². The molecule has 7 nitrogen and oxygen atoms in total. The van der Waals surface area contributed by atoms with E-state index in [1.54, 1.807) is 13.2 Å². The average molecular weight is 615 g/mol. The molecule has 0 saturated heterocycles. The molecule has 0 aliphatic heterocycles. The number of benzene rings is 1. The summed E-state index contributed by atoms with van der Waals surface area (Å²) in [6, 6.07) is 9.35. The van der Waals surface area contributed by atoms with Gasteiger partial charge in [-0.2, -0.15) is 0 Å². The summed E-state index contributed by atoms with van der Waals surface area (Å²) in [5, 5.41) is 18.3. The van der Waals surface area contributed by atoms with Crippen molar-refractivity contribution in [2.24, 2.45) is 51.2 Å². The second kappa shape index (κ2) is 10.5. The van der Waals surface area contributed by atoms with Crippen LogP contribution in [0.1, 0.15) is 92.4 Å². The largest absolute Gasteiger partial charge is 0.497 e. The summed E-state index contributed by atoms with van der Waals surface area (Å²) < 4.78 is 10.8. The second-order valence-electron chi connectivity index (χ2n) is 16.3. The van der Waals surface area contributed by atoms with Gasteiger partial charge in [0.05, 0.1) is 13.2 Å². The van der Waals surface area contributed by atoms with Crippen molar-refractivity contribution in [3.05, 3.63) is 42.0 Å². The number of nitrogens with zero attached hydrogens (tertiary/aromatic N) is 1. The molecular weight excluding hydrogens is 564 g/mol. The van der Waals surface area contributed by atoms with Gasteiger partial charge in [-0.25, -0.2) is 0 Å². The van der Waals surface area contributed by atoms with Crippen molar-refractivity contribution < 1.29 is 24.0 Å². The van der Waals surface area contributed by atoms with Crippen molar-refractivity contribution in [1.29, 1.82) is 0 Å². The van der Waals surface area contributed by atoms with E-state index < -0.39 is 0 Å². The normalized spacial score (nSPS) is 40.2. The van der Waals surface area contributed by atoms with Gasteiger partial charge in [-0.1, -0.05) is 45.3 Å². The topological polar surface area (TPSA) is 102 Å². The lowest BCUT2D eigenvalue weighted by Gasteiger charge is -2.71. The van der Waals surface area contributed by atoms with Crippen LogP contribution >= 0.6 is 0 Å². The van der Waals surface area contributed by atoms with E-state index in [-0.39, 0.29) is 51.4 Å². The van der Waals surface area contributed by atoms with E-state index in [2.05, 4.69) is 51.2 Å². The Balaban J connectivity index is 1.11. The molecule has 7 unspecified atom stereocenters. The summed E-state index contributed by atoms with van der Waals surface area (Å²) in [5.74, 6) is 2.41. The highest BCUT2D eigenvalue weighted by Gasteiger charge is 2.70. The minimum Gasteiger partial charge on any atom is -0.497 e. The highest BCUT2D eigenvalue weighted by molar-refractivity contribution is 5.95. The predicted molar refractivity (Wildman–Crippen MR) is 173 cm³/mol. The molecule has 2 N–H and O–H groups in total. The van der Waals surface area contributed by atoms with Crippen LogP contribution in [0.2, 0.25) is 0 Å². The number of ketones is 1. The first kappa shape index (κ1) is 30.7. The molecule has 1 aromatic heterocycles. The maximum absolute atomic E-state index is 14.4. The lowest BCUT2D eigenvalue weighted by molar-refractivity contribution is -0.232. The summed E-state index contributed by atoms with van der Waals surface area (Å²) in [6.45, 7) is 11.6. The lowest BCUT2D eigenvalue weighted by atomic mass is 9.33. The monoisotopic (exact) mass is 614 g/mol. The smallest absolute Gasteiger partial charge is 0.231 e. The Morgan fingerprint density at radius 2 is 1.73 bits per heavy atom. The zero-order chi connectivity index (χ0) is 31.9.